The molecule has 1 N–H and O–H groups in total. The summed E-state index contributed by atoms with van der Waals surface area (Å²) in [6.07, 6.45) is 0.413. The molecule has 0 radical (unpaired) electrons. The number of nitro groups is 1. The second kappa shape index (κ2) is 8.54. The minimum absolute atomic E-state index is 0.0118. The first-order valence-corrected chi connectivity index (χ1v) is 9.10. The fourth-order valence-corrected chi connectivity index (χ4v) is 2.87. The van der Waals surface area contributed by atoms with E-state index in [0.29, 0.717) is 12.2 Å². The van der Waals surface area contributed by atoms with Crippen molar-refractivity contribution in [1.82, 2.24) is 4.72 Å². The van der Waals surface area contributed by atoms with Gasteiger partial charge in [-0.05, 0) is 36.2 Å². The predicted molar refractivity (Wildman–Crippen MR) is 90.5 cm³/mol. The molecule has 2 aromatic rings. The van der Waals surface area contributed by atoms with E-state index in [0.717, 1.165) is 5.56 Å². The van der Waals surface area contributed by atoms with E-state index in [1.165, 1.54) is 36.4 Å². The number of nitrogens with one attached hydrogen (secondary N) is 1. The van der Waals surface area contributed by atoms with Gasteiger partial charge in [0.1, 0.15) is 18.2 Å². The Morgan fingerprint density at radius 2 is 1.72 bits per heavy atom. The highest BCUT2D eigenvalue weighted by Crippen LogP contribution is 2.12. The number of hydrogen-bond donors (Lipinski definition) is 1. The summed E-state index contributed by atoms with van der Waals surface area (Å²) in [6.45, 7) is 0.120. The summed E-state index contributed by atoms with van der Waals surface area (Å²) in [5.74, 6) is -0.236. The zero-order valence-corrected chi connectivity index (χ0v) is 14.0. The third-order valence-corrected chi connectivity index (χ3v) is 4.67. The minimum Gasteiger partial charge on any atom is -0.492 e. The highest BCUT2D eigenvalue weighted by molar-refractivity contribution is 7.89. The molecule has 0 heterocycles. The first-order chi connectivity index (χ1) is 11.9. The maximum absolute atomic E-state index is 12.7. The number of nitrogens with zero attached hydrogens (tertiary/aromatic N) is 1. The van der Waals surface area contributed by atoms with Crippen LogP contribution in [0.3, 0.4) is 0 Å². The molecule has 0 fully saturated rings. The highest BCUT2D eigenvalue weighted by Gasteiger charge is 2.10. The van der Waals surface area contributed by atoms with Crippen molar-refractivity contribution in [3.63, 3.8) is 0 Å². The van der Waals surface area contributed by atoms with Crippen LogP contribution in [0.1, 0.15) is 5.56 Å². The Hall–Kier alpha value is -2.52. The van der Waals surface area contributed by atoms with Crippen LogP contribution in [0.4, 0.5) is 10.1 Å². The van der Waals surface area contributed by atoms with Gasteiger partial charge in [0, 0.05) is 18.7 Å². The number of non-ortho nitro benzene ring substituents is 1. The maximum Gasteiger partial charge on any atom is 0.269 e. The molecule has 7 nitrogen and oxygen atoms in total. The van der Waals surface area contributed by atoms with E-state index < -0.39 is 20.8 Å². The molecule has 134 valence electrons. The number of benzene rings is 2. The normalized spacial score (nSPS) is 11.2. The Labute approximate surface area is 144 Å². The second-order valence-corrected chi connectivity index (χ2v) is 7.12. The SMILES string of the molecule is O=[N+]([O-])c1ccc(CCNS(=O)(=O)CCOc2ccc(F)cc2)cc1. The highest BCUT2D eigenvalue weighted by atomic mass is 32.2. The molecule has 0 spiro atoms. The lowest BCUT2D eigenvalue weighted by molar-refractivity contribution is -0.384. The van der Waals surface area contributed by atoms with Gasteiger partial charge < -0.3 is 4.74 Å². The number of halogens is 1. The number of rotatable bonds is 9. The Kier molecular flexibility index (Phi) is 6.43. The predicted octanol–water partition coefficient (Wildman–Crippen LogP) is 2.27. The molecule has 0 bridgehead atoms. The summed E-state index contributed by atoms with van der Waals surface area (Å²) < 4.78 is 44.2. The van der Waals surface area contributed by atoms with Crippen molar-refractivity contribution in [1.29, 1.82) is 0 Å². The maximum atomic E-state index is 12.7. The molecule has 0 aromatic heterocycles. The molecule has 0 atom stereocenters. The van der Waals surface area contributed by atoms with Gasteiger partial charge in [0.2, 0.25) is 10.0 Å². The zero-order chi connectivity index (χ0) is 18.3. The van der Waals surface area contributed by atoms with Crippen molar-refractivity contribution in [2.75, 3.05) is 18.9 Å². The fourth-order valence-electron chi connectivity index (χ4n) is 2.01. The Morgan fingerprint density at radius 3 is 2.32 bits per heavy atom. The number of ether oxygens (including phenoxy) is 1. The Balaban J connectivity index is 1.73. The van der Waals surface area contributed by atoms with Crippen LogP contribution in [-0.2, 0) is 16.4 Å². The quantitative estimate of drug-likeness (QED) is 0.541. The monoisotopic (exact) mass is 368 g/mol. The van der Waals surface area contributed by atoms with E-state index in [1.54, 1.807) is 12.1 Å². The third kappa shape index (κ3) is 6.48. The molecule has 0 saturated heterocycles. The number of nitro benzene ring substituents is 1. The standard InChI is InChI=1S/C16H17FN2O5S/c17-14-3-7-16(8-4-14)24-11-12-25(22,23)18-10-9-13-1-5-15(6-2-13)19(20)21/h1-8,18H,9-12H2. The number of sulfonamides is 1. The van der Waals surface area contributed by atoms with E-state index >= 15 is 0 Å². The van der Waals surface area contributed by atoms with Crippen molar-refractivity contribution < 1.29 is 22.5 Å². The lowest BCUT2D eigenvalue weighted by Gasteiger charge is -2.08. The molecule has 2 aromatic carbocycles. The molecular formula is C16H17FN2O5S. The first kappa shape index (κ1) is 18.8. The van der Waals surface area contributed by atoms with Gasteiger partial charge in [0.05, 0.1) is 10.7 Å². The lowest BCUT2D eigenvalue weighted by atomic mass is 10.1. The van der Waals surface area contributed by atoms with Gasteiger partial charge in [0.25, 0.3) is 5.69 Å². The van der Waals surface area contributed by atoms with Gasteiger partial charge in [-0.25, -0.2) is 17.5 Å². The van der Waals surface area contributed by atoms with Crippen LogP contribution >= 0.6 is 0 Å². The van der Waals surface area contributed by atoms with Crippen LogP contribution in [0.25, 0.3) is 0 Å². The van der Waals surface area contributed by atoms with Crippen molar-refractivity contribution in [2.45, 2.75) is 6.42 Å². The molecular weight excluding hydrogens is 351 g/mol. The van der Waals surface area contributed by atoms with Crippen LogP contribution < -0.4 is 9.46 Å². The van der Waals surface area contributed by atoms with E-state index in [4.69, 9.17) is 4.74 Å². The summed E-state index contributed by atoms with van der Waals surface area (Å²) >= 11 is 0. The van der Waals surface area contributed by atoms with Crippen LogP contribution in [-0.4, -0.2) is 32.2 Å². The van der Waals surface area contributed by atoms with Gasteiger partial charge in [-0.3, -0.25) is 10.1 Å². The first-order valence-electron chi connectivity index (χ1n) is 7.45. The minimum atomic E-state index is -3.51. The molecule has 0 aliphatic rings. The molecule has 0 amide bonds. The molecule has 0 saturated carbocycles. The van der Waals surface area contributed by atoms with Crippen LogP contribution in [0.2, 0.25) is 0 Å². The average Bonchev–Trinajstić information content (AvgIpc) is 2.57. The molecule has 0 aliphatic heterocycles. The Bertz CT molecular complexity index is 807. The lowest BCUT2D eigenvalue weighted by Crippen LogP contribution is -2.30. The van der Waals surface area contributed by atoms with Crippen molar-refractivity contribution in [3.05, 3.63) is 70.0 Å². The number of hydrogen-bond acceptors (Lipinski definition) is 5. The van der Waals surface area contributed by atoms with Gasteiger partial charge in [-0.15, -0.1) is 0 Å². The molecule has 2 rings (SSSR count). The largest absolute Gasteiger partial charge is 0.492 e. The van der Waals surface area contributed by atoms with E-state index in [9.17, 15) is 22.9 Å². The molecule has 0 unspecified atom stereocenters. The van der Waals surface area contributed by atoms with Crippen LogP contribution in [0.15, 0.2) is 48.5 Å². The summed E-state index contributed by atoms with van der Waals surface area (Å²) in [4.78, 5) is 10.1. The average molecular weight is 368 g/mol. The van der Waals surface area contributed by atoms with Crippen molar-refractivity contribution in [2.24, 2.45) is 0 Å². The van der Waals surface area contributed by atoms with Gasteiger partial charge in [0.15, 0.2) is 0 Å². The summed E-state index contributed by atoms with van der Waals surface area (Å²) in [5, 5.41) is 10.6. The van der Waals surface area contributed by atoms with E-state index in [-0.39, 0.29) is 24.6 Å². The summed E-state index contributed by atoms with van der Waals surface area (Å²) in [5.41, 5.74) is 0.776. The topological polar surface area (TPSA) is 98.5 Å². The zero-order valence-electron chi connectivity index (χ0n) is 13.2. The second-order valence-electron chi connectivity index (χ2n) is 5.19. The van der Waals surface area contributed by atoms with Crippen LogP contribution in [0.5, 0.6) is 5.75 Å². The molecule has 0 aliphatic carbocycles. The summed E-state index contributed by atoms with van der Waals surface area (Å²) in [6, 6.07) is 11.2. The fraction of sp³-hybridized carbons (Fsp3) is 0.250. The summed E-state index contributed by atoms with van der Waals surface area (Å²) in [7, 11) is -3.51. The van der Waals surface area contributed by atoms with E-state index in [2.05, 4.69) is 4.72 Å². The Morgan fingerprint density at radius 1 is 1.08 bits per heavy atom. The van der Waals surface area contributed by atoms with Gasteiger partial charge in [-0.2, -0.15) is 0 Å². The van der Waals surface area contributed by atoms with Crippen LogP contribution in [0, 0.1) is 15.9 Å². The van der Waals surface area contributed by atoms with Gasteiger partial charge >= 0.3 is 0 Å². The van der Waals surface area contributed by atoms with Crippen molar-refractivity contribution >= 4 is 15.7 Å². The third-order valence-electron chi connectivity index (χ3n) is 3.32. The van der Waals surface area contributed by atoms with Gasteiger partial charge in [-0.1, -0.05) is 12.1 Å². The smallest absolute Gasteiger partial charge is 0.269 e. The molecule has 25 heavy (non-hydrogen) atoms. The van der Waals surface area contributed by atoms with Crippen molar-refractivity contribution in [3.8, 4) is 5.75 Å². The molecule has 9 heteroatoms. The van der Waals surface area contributed by atoms with E-state index in [1.807, 2.05) is 0 Å².